The maximum Gasteiger partial charge on any atom is 0.434 e. The SMILES string of the molecule is c1cc(-c2ccc3c(c2)Oc2cc(-n4c5ccccc5c5c6oc7ccccc7c6ccc54)cc4c2B3Oc2ccccc2-4)cc(-n2c3ccccc3c3ccccc32)c1. The van der Waals surface area contributed by atoms with Crippen molar-refractivity contribution in [3.63, 3.8) is 0 Å². The summed E-state index contributed by atoms with van der Waals surface area (Å²) in [6.45, 7) is -0.325. The number of nitrogens with zero attached hydrogens (tertiary/aromatic N) is 2. The Morgan fingerprint density at radius 1 is 0.400 bits per heavy atom. The molecule has 3 aromatic heterocycles. The van der Waals surface area contributed by atoms with Crippen molar-refractivity contribution in [2.24, 2.45) is 0 Å². The maximum atomic E-state index is 7.08. The van der Waals surface area contributed by atoms with Gasteiger partial charge in [-0.25, -0.2) is 0 Å². The molecule has 0 N–H and O–H groups in total. The molecule has 0 aliphatic carbocycles. The summed E-state index contributed by atoms with van der Waals surface area (Å²) in [5, 5.41) is 6.98. The molecule has 0 unspecified atom stereocenters. The number of hydrogen-bond donors (Lipinski definition) is 0. The summed E-state index contributed by atoms with van der Waals surface area (Å²) in [7, 11) is 0. The van der Waals surface area contributed by atoms with Gasteiger partial charge in [0.25, 0.3) is 0 Å². The third-order valence-electron chi connectivity index (χ3n) is 12.8. The van der Waals surface area contributed by atoms with Crippen LogP contribution in [0.5, 0.6) is 17.2 Å². The van der Waals surface area contributed by atoms with Gasteiger partial charge in [-0.15, -0.1) is 0 Å². The van der Waals surface area contributed by atoms with Gasteiger partial charge in [0.2, 0.25) is 0 Å². The lowest BCUT2D eigenvalue weighted by molar-refractivity contribution is 0.479. The van der Waals surface area contributed by atoms with Crippen LogP contribution in [0.15, 0.2) is 192 Å². The summed E-state index contributed by atoms with van der Waals surface area (Å²) < 4.78 is 25.3. The van der Waals surface area contributed by atoms with E-state index < -0.39 is 0 Å². The van der Waals surface area contributed by atoms with Crippen LogP contribution in [0.2, 0.25) is 0 Å². The van der Waals surface area contributed by atoms with E-state index in [9.17, 15) is 0 Å². The molecule has 0 saturated carbocycles. The standard InChI is InChI=1S/C54H31BN2O3/c1-6-19-44-36(14-1)37-15-2-7-20-45(37)56(44)34-13-11-12-32(28-34)33-24-26-43-50(29-33)58-51-31-35(30-42-39-17-5-10-23-49(39)60-55(43)53(42)51)57-46-21-8-3-18-41(46)52-47(57)27-25-40-38-16-4-9-22-48(38)59-54(40)52/h1-31H. The summed E-state index contributed by atoms with van der Waals surface area (Å²) in [6.07, 6.45) is 0. The average molecular weight is 767 g/mol. The molecule has 0 amide bonds. The number of ether oxygens (including phenoxy) is 1. The maximum absolute atomic E-state index is 7.08. The van der Waals surface area contributed by atoms with Crippen molar-refractivity contribution in [2.75, 3.05) is 0 Å². The first kappa shape index (κ1) is 32.1. The highest BCUT2D eigenvalue weighted by molar-refractivity contribution is 6.84. The van der Waals surface area contributed by atoms with Gasteiger partial charge in [0.05, 0.1) is 33.1 Å². The first-order valence-corrected chi connectivity index (χ1v) is 20.4. The van der Waals surface area contributed by atoms with Crippen LogP contribution in [0, 0.1) is 0 Å². The molecular weight excluding hydrogens is 735 g/mol. The van der Waals surface area contributed by atoms with E-state index in [1.807, 2.05) is 18.2 Å². The molecule has 278 valence electrons. The normalized spacial score (nSPS) is 12.9. The molecule has 9 aromatic carbocycles. The Morgan fingerprint density at radius 2 is 1.08 bits per heavy atom. The van der Waals surface area contributed by atoms with E-state index in [0.717, 1.165) is 106 Å². The Hall–Kier alpha value is -7.96. The fraction of sp³-hybridized carbons (Fsp3) is 0. The Kier molecular flexibility index (Phi) is 6.31. The van der Waals surface area contributed by atoms with Crippen LogP contribution in [0.1, 0.15) is 0 Å². The van der Waals surface area contributed by atoms with Gasteiger partial charge in [-0.3, -0.25) is 0 Å². The Morgan fingerprint density at radius 3 is 1.92 bits per heavy atom. The number of para-hydroxylation sites is 5. The Balaban J connectivity index is 0.949. The minimum absolute atomic E-state index is 0.325. The Labute approximate surface area is 344 Å². The first-order valence-electron chi connectivity index (χ1n) is 20.4. The molecule has 12 aromatic rings. The monoisotopic (exact) mass is 766 g/mol. The molecule has 14 rings (SSSR count). The predicted octanol–water partition coefficient (Wildman–Crippen LogP) is 12.7. The van der Waals surface area contributed by atoms with Crippen molar-refractivity contribution in [1.29, 1.82) is 0 Å². The van der Waals surface area contributed by atoms with Crippen LogP contribution in [0.3, 0.4) is 0 Å². The zero-order valence-electron chi connectivity index (χ0n) is 32.1. The molecule has 5 nitrogen and oxygen atoms in total. The van der Waals surface area contributed by atoms with Crippen molar-refractivity contribution in [2.45, 2.75) is 0 Å². The summed E-state index contributed by atoms with van der Waals surface area (Å²) in [6, 6.07) is 66.9. The quantitative estimate of drug-likeness (QED) is 0.168. The second kappa shape index (κ2) is 11.8. The van der Waals surface area contributed by atoms with Crippen molar-refractivity contribution in [1.82, 2.24) is 9.13 Å². The fourth-order valence-corrected chi connectivity index (χ4v) is 10.2. The van der Waals surface area contributed by atoms with Crippen molar-refractivity contribution in [3.8, 4) is 50.9 Å². The molecule has 0 bridgehead atoms. The Bertz CT molecular complexity index is 3760. The number of benzene rings is 9. The van der Waals surface area contributed by atoms with Gasteiger partial charge in [0.15, 0.2) is 0 Å². The highest BCUT2D eigenvalue weighted by atomic mass is 16.5. The molecule has 6 heteroatoms. The predicted molar refractivity (Wildman–Crippen MR) is 245 cm³/mol. The van der Waals surface area contributed by atoms with Gasteiger partial charge in [0.1, 0.15) is 28.4 Å². The van der Waals surface area contributed by atoms with Crippen LogP contribution in [-0.4, -0.2) is 16.0 Å². The van der Waals surface area contributed by atoms with Gasteiger partial charge in [-0.05, 0) is 83.4 Å². The summed E-state index contributed by atoms with van der Waals surface area (Å²) >= 11 is 0. The average Bonchev–Trinajstić information content (AvgIpc) is 3.97. The fourth-order valence-electron chi connectivity index (χ4n) is 10.2. The van der Waals surface area contributed by atoms with E-state index in [2.05, 4.69) is 179 Å². The van der Waals surface area contributed by atoms with Gasteiger partial charge < -0.3 is 22.9 Å². The molecule has 5 heterocycles. The molecule has 60 heavy (non-hydrogen) atoms. The summed E-state index contributed by atoms with van der Waals surface area (Å²) in [5.74, 6) is 2.45. The van der Waals surface area contributed by atoms with Crippen LogP contribution in [0.4, 0.5) is 0 Å². The summed E-state index contributed by atoms with van der Waals surface area (Å²) in [5.41, 5.74) is 14.9. The van der Waals surface area contributed by atoms with E-state index in [0.29, 0.717) is 0 Å². The smallest absolute Gasteiger partial charge is 0.434 e. The van der Waals surface area contributed by atoms with Gasteiger partial charge >= 0.3 is 6.92 Å². The third-order valence-corrected chi connectivity index (χ3v) is 12.8. The van der Waals surface area contributed by atoms with E-state index in [1.165, 1.54) is 21.8 Å². The zero-order valence-corrected chi connectivity index (χ0v) is 32.1. The number of furan rings is 1. The highest BCUT2D eigenvalue weighted by Gasteiger charge is 2.41. The van der Waals surface area contributed by atoms with Crippen LogP contribution < -0.4 is 20.3 Å². The summed E-state index contributed by atoms with van der Waals surface area (Å²) in [4.78, 5) is 0. The number of fused-ring (bicyclic) bond motifs is 14. The van der Waals surface area contributed by atoms with Crippen LogP contribution in [0.25, 0.3) is 99.2 Å². The van der Waals surface area contributed by atoms with E-state index in [-0.39, 0.29) is 6.92 Å². The molecule has 2 aliphatic rings. The molecule has 0 fully saturated rings. The van der Waals surface area contributed by atoms with E-state index in [4.69, 9.17) is 13.8 Å². The van der Waals surface area contributed by atoms with Gasteiger partial charge in [0, 0.05) is 55.2 Å². The van der Waals surface area contributed by atoms with E-state index >= 15 is 0 Å². The number of rotatable bonds is 3. The largest absolute Gasteiger partial charge is 0.551 e. The minimum Gasteiger partial charge on any atom is -0.551 e. The van der Waals surface area contributed by atoms with Crippen LogP contribution >= 0.6 is 0 Å². The minimum atomic E-state index is -0.325. The van der Waals surface area contributed by atoms with Crippen molar-refractivity contribution in [3.05, 3.63) is 188 Å². The highest BCUT2D eigenvalue weighted by Crippen LogP contribution is 2.45. The lowest BCUT2D eigenvalue weighted by atomic mass is 9.50. The van der Waals surface area contributed by atoms with E-state index in [1.54, 1.807) is 0 Å². The first-order chi connectivity index (χ1) is 29.7. The molecular formula is C54H31BN2O3. The van der Waals surface area contributed by atoms with Crippen LogP contribution in [-0.2, 0) is 0 Å². The molecule has 0 spiro atoms. The van der Waals surface area contributed by atoms with Gasteiger partial charge in [-0.2, -0.15) is 0 Å². The number of hydrogen-bond acceptors (Lipinski definition) is 3. The van der Waals surface area contributed by atoms with Crippen molar-refractivity contribution < 1.29 is 13.8 Å². The molecule has 0 radical (unpaired) electrons. The second-order valence-electron chi connectivity index (χ2n) is 16.0. The van der Waals surface area contributed by atoms with Gasteiger partial charge in [-0.1, -0.05) is 115 Å². The zero-order chi connectivity index (χ0) is 39.1. The molecule has 2 aliphatic heterocycles. The lowest BCUT2D eigenvalue weighted by Gasteiger charge is -2.33. The molecule has 0 saturated heterocycles. The second-order valence-corrected chi connectivity index (χ2v) is 16.0. The third kappa shape index (κ3) is 4.31. The molecule has 0 atom stereocenters. The number of aromatic nitrogens is 2. The lowest BCUT2D eigenvalue weighted by Crippen LogP contribution is -2.53. The van der Waals surface area contributed by atoms with Crippen molar-refractivity contribution >= 4 is 83.4 Å². The topological polar surface area (TPSA) is 41.5 Å².